The highest BCUT2D eigenvalue weighted by Gasteiger charge is 2.33. The maximum atomic E-state index is 10.6. The van der Waals surface area contributed by atoms with E-state index in [2.05, 4.69) is 16.8 Å². The summed E-state index contributed by atoms with van der Waals surface area (Å²) in [6, 6.07) is 3.88. The first kappa shape index (κ1) is 26.4. The molecule has 2 heterocycles. The van der Waals surface area contributed by atoms with Gasteiger partial charge in [0.25, 0.3) is 0 Å². The predicted octanol–water partition coefficient (Wildman–Crippen LogP) is 3.88. The van der Waals surface area contributed by atoms with Gasteiger partial charge in [-0.25, -0.2) is 0 Å². The summed E-state index contributed by atoms with van der Waals surface area (Å²) in [4.78, 5) is 16.2. The van der Waals surface area contributed by atoms with Crippen LogP contribution in [-0.2, 0) is 10.4 Å². The minimum Gasteiger partial charge on any atom is -0.481 e. The Morgan fingerprint density at radius 3 is 2.28 bits per heavy atom. The summed E-state index contributed by atoms with van der Waals surface area (Å²) >= 11 is 0. The molecule has 25 heavy (non-hydrogen) atoms. The minimum absolute atomic E-state index is 0. The van der Waals surface area contributed by atoms with Crippen molar-refractivity contribution in [2.24, 2.45) is 0 Å². The first-order valence-electron chi connectivity index (χ1n) is 8.59. The largest absolute Gasteiger partial charge is 0.481 e. The summed E-state index contributed by atoms with van der Waals surface area (Å²) < 4.78 is 0. The summed E-state index contributed by atoms with van der Waals surface area (Å²) in [5.74, 6) is -0.711. The van der Waals surface area contributed by atoms with Crippen LogP contribution in [0.1, 0.15) is 57.9 Å². The number of carbonyl (C=O) groups is 1. The summed E-state index contributed by atoms with van der Waals surface area (Å²) in [7, 11) is 0. The molecule has 0 spiro atoms. The van der Waals surface area contributed by atoms with Gasteiger partial charge in [-0.2, -0.15) is 0 Å². The first-order chi connectivity index (χ1) is 11.0. The van der Waals surface area contributed by atoms with Gasteiger partial charge < -0.3 is 15.1 Å². The number of aliphatic hydroxyl groups is 1. The molecular formula is C18H32Cl2N2O3. The Balaban J connectivity index is 0. The number of hydrogen-bond donors (Lipinski definition) is 2. The third kappa shape index (κ3) is 10.00. The smallest absolute Gasteiger partial charge is 0.303 e. The van der Waals surface area contributed by atoms with E-state index in [-0.39, 0.29) is 24.8 Å². The zero-order valence-electron chi connectivity index (χ0n) is 15.2. The highest BCUT2D eigenvalue weighted by atomic mass is 35.5. The normalized spacial score (nSPS) is 15.8. The lowest BCUT2D eigenvalue weighted by Crippen LogP contribution is -2.42. The van der Waals surface area contributed by atoms with E-state index in [0.717, 1.165) is 37.9 Å². The second kappa shape index (κ2) is 14.3. The van der Waals surface area contributed by atoms with Crippen LogP contribution in [0, 0.1) is 0 Å². The Hall–Kier alpha value is -0.880. The number of nitrogens with zero attached hydrogens (tertiary/aromatic N) is 2. The molecule has 0 atom stereocenters. The van der Waals surface area contributed by atoms with Gasteiger partial charge in [-0.15, -0.1) is 24.8 Å². The number of piperidine rings is 1. The summed E-state index contributed by atoms with van der Waals surface area (Å²) in [6.45, 7) is 7.21. The first-order valence-corrected chi connectivity index (χ1v) is 8.59. The van der Waals surface area contributed by atoms with E-state index in [1.807, 2.05) is 19.1 Å². The van der Waals surface area contributed by atoms with E-state index in [1.54, 1.807) is 12.4 Å². The van der Waals surface area contributed by atoms with Gasteiger partial charge in [0.2, 0.25) is 0 Å². The molecule has 2 rings (SSSR count). The number of halogens is 2. The van der Waals surface area contributed by atoms with Crippen molar-refractivity contribution in [2.75, 3.05) is 19.6 Å². The molecule has 5 nitrogen and oxygen atoms in total. The van der Waals surface area contributed by atoms with Crippen molar-refractivity contribution < 1.29 is 15.0 Å². The van der Waals surface area contributed by atoms with Gasteiger partial charge in [0.05, 0.1) is 5.60 Å². The number of aromatic nitrogens is 1. The summed E-state index contributed by atoms with van der Waals surface area (Å²) in [5, 5.41) is 18.5. The fraction of sp³-hybridized carbons (Fsp3) is 0.667. The Morgan fingerprint density at radius 1 is 1.24 bits per heavy atom. The molecule has 0 amide bonds. The van der Waals surface area contributed by atoms with Crippen molar-refractivity contribution >= 4 is 30.8 Å². The van der Waals surface area contributed by atoms with Crippen LogP contribution >= 0.6 is 24.8 Å². The van der Waals surface area contributed by atoms with Gasteiger partial charge in [-0.1, -0.05) is 26.3 Å². The molecule has 1 aromatic rings. The van der Waals surface area contributed by atoms with Crippen LogP contribution in [0.25, 0.3) is 0 Å². The fourth-order valence-electron chi connectivity index (χ4n) is 2.67. The van der Waals surface area contributed by atoms with Crippen LogP contribution < -0.4 is 0 Å². The molecule has 0 aromatic carbocycles. The SMILES string of the molecule is CCCC(=O)O.CCCCN1CCC(O)(c2cccnc2)CC1.Cl.Cl. The van der Waals surface area contributed by atoms with E-state index in [0.29, 0.717) is 6.42 Å². The third-order valence-electron chi connectivity index (χ3n) is 4.17. The maximum absolute atomic E-state index is 10.6. The van der Waals surface area contributed by atoms with Gasteiger partial charge >= 0.3 is 5.97 Å². The molecule has 1 aromatic heterocycles. The van der Waals surface area contributed by atoms with Crippen molar-refractivity contribution in [1.29, 1.82) is 0 Å². The fourth-order valence-corrected chi connectivity index (χ4v) is 2.67. The molecule has 146 valence electrons. The molecule has 1 saturated heterocycles. The van der Waals surface area contributed by atoms with E-state index >= 15 is 0 Å². The lowest BCUT2D eigenvalue weighted by molar-refractivity contribution is -0.137. The highest BCUT2D eigenvalue weighted by Crippen LogP contribution is 2.32. The quantitative estimate of drug-likeness (QED) is 0.765. The molecular weight excluding hydrogens is 363 g/mol. The number of aliphatic carboxylic acids is 1. The average molecular weight is 395 g/mol. The van der Waals surface area contributed by atoms with Gasteiger partial charge in [0, 0.05) is 37.5 Å². The van der Waals surface area contributed by atoms with Gasteiger partial charge in [0.1, 0.15) is 0 Å². The Morgan fingerprint density at radius 2 is 1.88 bits per heavy atom. The molecule has 1 fully saturated rings. The maximum Gasteiger partial charge on any atom is 0.303 e. The molecule has 0 unspecified atom stereocenters. The van der Waals surface area contributed by atoms with Gasteiger partial charge in [-0.05, 0) is 38.3 Å². The lowest BCUT2D eigenvalue weighted by Gasteiger charge is -2.38. The standard InChI is InChI=1S/C14H22N2O.C4H8O2.2ClH/c1-2-3-9-16-10-6-14(17,7-11-16)13-5-4-8-15-12-13;1-2-3-4(5)6;;/h4-5,8,12,17H,2-3,6-7,9-11H2,1H3;2-3H2,1H3,(H,5,6);2*1H. The number of pyridine rings is 1. The van der Waals surface area contributed by atoms with Crippen molar-refractivity contribution in [3.05, 3.63) is 30.1 Å². The predicted molar refractivity (Wildman–Crippen MR) is 106 cm³/mol. The number of hydrogen-bond acceptors (Lipinski definition) is 4. The summed E-state index contributed by atoms with van der Waals surface area (Å²) in [6.07, 6.45) is 8.71. The number of carboxylic acids is 1. The topological polar surface area (TPSA) is 73.7 Å². The van der Waals surface area contributed by atoms with Crippen molar-refractivity contribution in [3.63, 3.8) is 0 Å². The Bertz CT molecular complexity index is 453. The zero-order valence-corrected chi connectivity index (χ0v) is 16.8. The van der Waals surface area contributed by atoms with Crippen LogP contribution in [0.3, 0.4) is 0 Å². The molecule has 0 aliphatic carbocycles. The lowest BCUT2D eigenvalue weighted by atomic mass is 9.85. The molecule has 1 aliphatic rings. The van der Waals surface area contributed by atoms with E-state index in [9.17, 15) is 9.90 Å². The zero-order chi connectivity index (χ0) is 17.1. The van der Waals surface area contributed by atoms with E-state index in [4.69, 9.17) is 5.11 Å². The van der Waals surface area contributed by atoms with Crippen LogP contribution in [0.5, 0.6) is 0 Å². The second-order valence-corrected chi connectivity index (χ2v) is 6.11. The Kier molecular flexibility index (Phi) is 15.1. The molecule has 0 bridgehead atoms. The monoisotopic (exact) mass is 394 g/mol. The average Bonchev–Trinajstić information content (AvgIpc) is 2.56. The molecule has 0 radical (unpaired) electrons. The molecule has 2 N–H and O–H groups in total. The van der Waals surface area contributed by atoms with Crippen LogP contribution in [-0.4, -0.2) is 45.7 Å². The number of rotatable bonds is 6. The van der Waals surface area contributed by atoms with Crippen LogP contribution in [0.4, 0.5) is 0 Å². The van der Waals surface area contributed by atoms with Crippen molar-refractivity contribution in [3.8, 4) is 0 Å². The van der Waals surface area contributed by atoms with Crippen molar-refractivity contribution in [1.82, 2.24) is 9.88 Å². The van der Waals surface area contributed by atoms with Gasteiger partial charge in [0.15, 0.2) is 0 Å². The van der Waals surface area contributed by atoms with Gasteiger partial charge in [-0.3, -0.25) is 9.78 Å². The van der Waals surface area contributed by atoms with Crippen molar-refractivity contribution in [2.45, 2.75) is 58.0 Å². The molecule has 0 saturated carbocycles. The Labute approximate surface area is 163 Å². The van der Waals surface area contributed by atoms with E-state index in [1.165, 1.54) is 19.4 Å². The minimum atomic E-state index is -0.711. The van der Waals surface area contributed by atoms with Crippen LogP contribution in [0.15, 0.2) is 24.5 Å². The molecule has 7 heteroatoms. The highest BCUT2D eigenvalue weighted by molar-refractivity contribution is 5.85. The third-order valence-corrected chi connectivity index (χ3v) is 4.17. The van der Waals surface area contributed by atoms with E-state index < -0.39 is 11.6 Å². The van der Waals surface area contributed by atoms with Crippen LogP contribution in [0.2, 0.25) is 0 Å². The summed E-state index contributed by atoms with van der Waals surface area (Å²) in [5.41, 5.74) is 0.312. The second-order valence-electron chi connectivity index (χ2n) is 6.11. The molecule has 1 aliphatic heterocycles. The number of likely N-dealkylation sites (tertiary alicyclic amines) is 1. The number of carboxylic acid groups (broad SMARTS) is 1. The number of unbranched alkanes of at least 4 members (excludes halogenated alkanes) is 1.